The molecule has 3 heterocycles. The minimum absolute atomic E-state index is 0.0528. The molecular formula is C55H35N3O. The van der Waals surface area contributed by atoms with Gasteiger partial charge in [0.25, 0.3) is 5.56 Å². The smallest absolute Gasteiger partial charge is 0.265 e. The van der Waals surface area contributed by atoms with Gasteiger partial charge in [0.1, 0.15) is 0 Å². The number of fused-ring (bicyclic) bond motifs is 11. The summed E-state index contributed by atoms with van der Waals surface area (Å²) in [6.45, 7) is 0. The van der Waals surface area contributed by atoms with Crippen molar-refractivity contribution < 1.29 is 0 Å². The Bertz CT molecular complexity index is 3670. The Balaban J connectivity index is 1.23. The van der Waals surface area contributed by atoms with Crippen molar-refractivity contribution in [1.82, 2.24) is 13.7 Å². The fourth-order valence-corrected chi connectivity index (χ4v) is 9.48. The Morgan fingerprint density at radius 2 is 0.729 bits per heavy atom. The summed E-state index contributed by atoms with van der Waals surface area (Å²) in [7, 11) is 0. The van der Waals surface area contributed by atoms with Gasteiger partial charge in [0.05, 0.1) is 33.0 Å². The largest absolute Gasteiger partial charge is 0.309 e. The lowest BCUT2D eigenvalue weighted by atomic mass is 9.99. The van der Waals surface area contributed by atoms with Gasteiger partial charge >= 0.3 is 0 Å². The van der Waals surface area contributed by atoms with E-state index in [9.17, 15) is 0 Å². The number of aromatic nitrogens is 3. The summed E-state index contributed by atoms with van der Waals surface area (Å²) in [4.78, 5) is 15.9. The maximum Gasteiger partial charge on any atom is 0.265 e. The Hall–Kier alpha value is -7.95. The first-order valence-corrected chi connectivity index (χ1v) is 20.1. The zero-order valence-corrected chi connectivity index (χ0v) is 32.0. The van der Waals surface area contributed by atoms with Gasteiger partial charge in [0.2, 0.25) is 0 Å². The molecule has 12 aromatic rings. The molecule has 0 saturated carbocycles. The number of hydrogen-bond acceptors (Lipinski definition) is 1. The van der Waals surface area contributed by atoms with E-state index in [1.54, 1.807) is 0 Å². The van der Waals surface area contributed by atoms with Crippen molar-refractivity contribution in [3.63, 3.8) is 0 Å². The van der Waals surface area contributed by atoms with Gasteiger partial charge in [-0.2, -0.15) is 0 Å². The minimum atomic E-state index is -0.0528. The number of para-hydroxylation sites is 3. The second-order valence-electron chi connectivity index (χ2n) is 15.3. The van der Waals surface area contributed by atoms with Gasteiger partial charge < -0.3 is 9.13 Å². The lowest BCUT2D eigenvalue weighted by Crippen LogP contribution is -2.20. The molecular weight excluding hydrogens is 719 g/mol. The molecule has 0 aliphatic rings. The Kier molecular flexibility index (Phi) is 7.35. The fourth-order valence-electron chi connectivity index (χ4n) is 9.48. The standard InChI is InChI=1S/C55H35N3O/c59-55-52-44(30-31-45-43-26-10-12-28-48(43)57(54(45)52)42-25-15-21-39(35-42)37-18-6-2-7-19-37)46-32-33-50-51(53(46)58(55)40-22-8-3-9-23-40)47-27-11-13-29-49(47)56(50)41-24-14-20-38(34-41)36-16-4-1-5-17-36/h1-35H. The minimum Gasteiger partial charge on any atom is -0.309 e. The highest BCUT2D eigenvalue weighted by molar-refractivity contribution is 6.28. The lowest BCUT2D eigenvalue weighted by molar-refractivity contribution is 1.06. The number of hydrogen-bond donors (Lipinski definition) is 0. The molecule has 59 heavy (non-hydrogen) atoms. The molecule has 276 valence electrons. The molecule has 3 aromatic heterocycles. The third-order valence-corrected chi connectivity index (χ3v) is 12.0. The van der Waals surface area contributed by atoms with Crippen molar-refractivity contribution in [2.45, 2.75) is 0 Å². The van der Waals surface area contributed by atoms with Crippen LogP contribution in [0.3, 0.4) is 0 Å². The number of pyridine rings is 1. The zero-order chi connectivity index (χ0) is 39.0. The molecule has 0 saturated heterocycles. The van der Waals surface area contributed by atoms with Crippen LogP contribution in [-0.2, 0) is 0 Å². The fraction of sp³-hybridized carbons (Fsp3) is 0. The van der Waals surface area contributed by atoms with Crippen LogP contribution < -0.4 is 5.56 Å². The molecule has 0 spiro atoms. The molecule has 0 atom stereocenters. The van der Waals surface area contributed by atoms with Crippen molar-refractivity contribution >= 4 is 65.3 Å². The first-order chi connectivity index (χ1) is 29.2. The monoisotopic (exact) mass is 753 g/mol. The second kappa shape index (κ2) is 13.1. The molecule has 0 aliphatic heterocycles. The predicted octanol–water partition coefficient (Wildman–Crippen LogP) is 13.7. The number of nitrogens with zero attached hydrogens (tertiary/aromatic N) is 3. The maximum atomic E-state index is 15.9. The number of rotatable bonds is 5. The summed E-state index contributed by atoms with van der Waals surface area (Å²) in [5, 5.41) is 6.93. The van der Waals surface area contributed by atoms with Gasteiger partial charge in [0, 0.05) is 44.0 Å². The summed E-state index contributed by atoms with van der Waals surface area (Å²) >= 11 is 0. The van der Waals surface area contributed by atoms with Crippen molar-refractivity contribution in [2.75, 3.05) is 0 Å². The van der Waals surface area contributed by atoms with Gasteiger partial charge in [-0.15, -0.1) is 0 Å². The van der Waals surface area contributed by atoms with E-state index >= 15 is 4.79 Å². The summed E-state index contributed by atoms with van der Waals surface area (Å²) in [6.07, 6.45) is 0. The van der Waals surface area contributed by atoms with E-state index in [0.717, 1.165) is 93.7 Å². The SMILES string of the molecule is O=c1c2c(ccc3c4ccccc4n(-c4cccc(-c5ccccc5)c4)c32)c2ccc3c(c4ccccc4n3-c3cccc(-c4ccccc4)c3)c2n1-c1ccccc1. The highest BCUT2D eigenvalue weighted by atomic mass is 16.1. The molecule has 0 aliphatic carbocycles. The van der Waals surface area contributed by atoms with Crippen molar-refractivity contribution in [3.8, 4) is 39.3 Å². The van der Waals surface area contributed by atoms with Crippen LogP contribution in [0.15, 0.2) is 217 Å². The first-order valence-electron chi connectivity index (χ1n) is 20.1. The normalized spacial score (nSPS) is 11.8. The molecule has 0 N–H and O–H groups in total. The third kappa shape index (κ3) is 5.00. The Labute approximate surface area is 339 Å². The molecule has 9 aromatic carbocycles. The molecule has 0 unspecified atom stereocenters. The molecule has 4 nitrogen and oxygen atoms in total. The van der Waals surface area contributed by atoms with Gasteiger partial charge in [-0.05, 0) is 82.2 Å². The second-order valence-corrected chi connectivity index (χ2v) is 15.3. The maximum absolute atomic E-state index is 15.9. The van der Waals surface area contributed by atoms with Crippen LogP contribution in [-0.4, -0.2) is 13.7 Å². The Morgan fingerprint density at radius 1 is 0.271 bits per heavy atom. The highest BCUT2D eigenvalue weighted by Crippen LogP contribution is 2.42. The van der Waals surface area contributed by atoms with Crippen LogP contribution >= 0.6 is 0 Å². The lowest BCUT2D eigenvalue weighted by Gasteiger charge is -2.17. The quantitative estimate of drug-likeness (QED) is 0.161. The molecule has 12 rings (SSSR count). The van der Waals surface area contributed by atoms with E-state index in [1.807, 2.05) is 41.0 Å². The van der Waals surface area contributed by atoms with Gasteiger partial charge in [0.15, 0.2) is 0 Å². The van der Waals surface area contributed by atoms with Crippen LogP contribution in [0.5, 0.6) is 0 Å². The topological polar surface area (TPSA) is 31.9 Å². The highest BCUT2D eigenvalue weighted by Gasteiger charge is 2.24. The van der Waals surface area contributed by atoms with Gasteiger partial charge in [-0.3, -0.25) is 9.36 Å². The summed E-state index contributed by atoms with van der Waals surface area (Å²) in [6, 6.07) is 74.5. The molecule has 0 amide bonds. The van der Waals surface area contributed by atoms with Crippen molar-refractivity contribution in [3.05, 3.63) is 223 Å². The summed E-state index contributed by atoms with van der Waals surface area (Å²) < 4.78 is 6.62. The predicted molar refractivity (Wildman–Crippen MR) is 247 cm³/mol. The van der Waals surface area contributed by atoms with E-state index in [4.69, 9.17) is 0 Å². The van der Waals surface area contributed by atoms with E-state index < -0.39 is 0 Å². The van der Waals surface area contributed by atoms with Gasteiger partial charge in [-0.1, -0.05) is 158 Å². The molecule has 4 heteroatoms. The zero-order valence-electron chi connectivity index (χ0n) is 32.0. The summed E-state index contributed by atoms with van der Waals surface area (Å²) in [5.74, 6) is 0. The molecule has 0 bridgehead atoms. The number of benzene rings is 9. The average molecular weight is 754 g/mol. The van der Waals surface area contributed by atoms with E-state index in [2.05, 4.69) is 185 Å². The first kappa shape index (κ1) is 33.2. The van der Waals surface area contributed by atoms with E-state index in [0.29, 0.717) is 5.39 Å². The Morgan fingerprint density at radius 3 is 1.39 bits per heavy atom. The average Bonchev–Trinajstić information content (AvgIpc) is 3.83. The van der Waals surface area contributed by atoms with Crippen LogP contribution in [0, 0.1) is 0 Å². The van der Waals surface area contributed by atoms with Gasteiger partial charge in [-0.25, -0.2) is 0 Å². The summed E-state index contributed by atoms with van der Waals surface area (Å²) in [5.41, 5.74) is 12.4. The van der Waals surface area contributed by atoms with Crippen LogP contribution in [0.25, 0.3) is 105 Å². The van der Waals surface area contributed by atoms with Crippen LogP contribution in [0.4, 0.5) is 0 Å². The van der Waals surface area contributed by atoms with Crippen molar-refractivity contribution in [1.29, 1.82) is 0 Å². The van der Waals surface area contributed by atoms with E-state index in [1.165, 1.54) is 5.56 Å². The van der Waals surface area contributed by atoms with Crippen molar-refractivity contribution in [2.24, 2.45) is 0 Å². The van der Waals surface area contributed by atoms with Crippen LogP contribution in [0.2, 0.25) is 0 Å². The molecule has 0 radical (unpaired) electrons. The van der Waals surface area contributed by atoms with E-state index in [-0.39, 0.29) is 5.56 Å². The van der Waals surface area contributed by atoms with Crippen LogP contribution in [0.1, 0.15) is 0 Å². The third-order valence-electron chi connectivity index (χ3n) is 12.0. The molecule has 0 fully saturated rings.